The van der Waals surface area contributed by atoms with Crippen LogP contribution in [0.4, 0.5) is 10.1 Å². The predicted octanol–water partition coefficient (Wildman–Crippen LogP) is 5.88. The number of aliphatic hydroxyl groups is 1. The Labute approximate surface area is 235 Å². The minimum atomic E-state index is -0.713. The number of benzene rings is 2. The van der Waals surface area contributed by atoms with Crippen LogP contribution in [0.25, 0.3) is 10.9 Å². The van der Waals surface area contributed by atoms with Crippen molar-refractivity contribution >= 4 is 34.4 Å². The minimum absolute atomic E-state index is 0.172. The van der Waals surface area contributed by atoms with Crippen molar-refractivity contribution in [3.05, 3.63) is 89.7 Å². The molecule has 41 heavy (non-hydrogen) atoms. The van der Waals surface area contributed by atoms with Gasteiger partial charge in [0.2, 0.25) is 5.88 Å². The number of ether oxygens (including phenoxy) is 3. The fourth-order valence-electron chi connectivity index (χ4n) is 3.70. The molecule has 0 fully saturated rings. The molecule has 0 atom stereocenters. The quantitative estimate of drug-likeness (QED) is 0.126. The number of carbonyl (C=O) groups excluding carboxylic acids is 1. The maximum absolute atomic E-state index is 13.3. The van der Waals surface area contributed by atoms with Gasteiger partial charge in [0.15, 0.2) is 17.3 Å². The highest BCUT2D eigenvalue weighted by Crippen LogP contribution is 2.36. The summed E-state index contributed by atoms with van der Waals surface area (Å²) in [4.78, 5) is 25.9. The molecular formula is C30H28FN5O5. The van der Waals surface area contributed by atoms with Crippen LogP contribution in [0.5, 0.6) is 23.1 Å². The molecule has 0 spiro atoms. The summed E-state index contributed by atoms with van der Waals surface area (Å²) in [6.45, 7) is 3.60. The van der Waals surface area contributed by atoms with Gasteiger partial charge in [-0.1, -0.05) is 0 Å². The van der Waals surface area contributed by atoms with Crippen molar-refractivity contribution in [2.24, 2.45) is 4.99 Å². The Bertz CT molecular complexity index is 1630. The molecule has 2 aromatic carbocycles. The van der Waals surface area contributed by atoms with Crippen molar-refractivity contribution in [2.75, 3.05) is 19.5 Å². The number of halogens is 1. The second kappa shape index (κ2) is 12.7. The maximum Gasteiger partial charge on any atom is 0.261 e. The van der Waals surface area contributed by atoms with E-state index in [0.717, 1.165) is 12.1 Å². The van der Waals surface area contributed by atoms with Gasteiger partial charge in [-0.25, -0.2) is 9.37 Å². The minimum Gasteiger partial charge on any atom is -0.505 e. The van der Waals surface area contributed by atoms with Crippen molar-refractivity contribution in [3.63, 3.8) is 0 Å². The number of fused-ring (bicyclic) bond motifs is 1. The molecule has 2 aromatic heterocycles. The highest BCUT2D eigenvalue weighted by molar-refractivity contribution is 6.24. The molecule has 2 heterocycles. The number of nitrogens with zero attached hydrogens (tertiary/aromatic N) is 3. The van der Waals surface area contributed by atoms with Crippen LogP contribution in [-0.2, 0) is 4.79 Å². The molecule has 0 saturated carbocycles. The van der Waals surface area contributed by atoms with Crippen LogP contribution in [0.2, 0.25) is 0 Å². The Hall–Kier alpha value is -5.32. The monoisotopic (exact) mass is 557 g/mol. The highest BCUT2D eigenvalue weighted by Gasteiger charge is 2.19. The van der Waals surface area contributed by atoms with Gasteiger partial charge >= 0.3 is 0 Å². The number of amides is 1. The van der Waals surface area contributed by atoms with Crippen molar-refractivity contribution in [2.45, 2.75) is 19.9 Å². The zero-order chi connectivity index (χ0) is 29.5. The van der Waals surface area contributed by atoms with Crippen LogP contribution in [-0.4, -0.2) is 53.2 Å². The van der Waals surface area contributed by atoms with E-state index in [9.17, 15) is 14.3 Å². The lowest BCUT2D eigenvalue weighted by Crippen LogP contribution is -2.20. The summed E-state index contributed by atoms with van der Waals surface area (Å²) in [6.07, 6.45) is 4.19. The van der Waals surface area contributed by atoms with Crippen LogP contribution in [0, 0.1) is 11.2 Å². The zero-order valence-electron chi connectivity index (χ0n) is 22.8. The van der Waals surface area contributed by atoms with Gasteiger partial charge < -0.3 is 24.6 Å². The molecule has 0 aliphatic rings. The molecule has 4 rings (SSSR count). The van der Waals surface area contributed by atoms with Gasteiger partial charge in [0.05, 0.1) is 31.6 Å². The van der Waals surface area contributed by atoms with E-state index >= 15 is 0 Å². The lowest BCUT2D eigenvalue weighted by molar-refractivity contribution is -0.112. The van der Waals surface area contributed by atoms with E-state index in [2.05, 4.69) is 20.3 Å². The Kier molecular flexibility index (Phi) is 8.88. The summed E-state index contributed by atoms with van der Waals surface area (Å²) in [5, 5.41) is 22.4. The number of rotatable bonds is 10. The van der Waals surface area contributed by atoms with Gasteiger partial charge in [0.1, 0.15) is 22.9 Å². The molecule has 210 valence electrons. The third kappa shape index (κ3) is 6.82. The van der Waals surface area contributed by atoms with Gasteiger partial charge in [0, 0.05) is 41.5 Å². The molecule has 10 nitrogen and oxygen atoms in total. The average molecular weight is 558 g/mol. The van der Waals surface area contributed by atoms with E-state index in [-0.39, 0.29) is 28.8 Å². The molecule has 11 heteroatoms. The summed E-state index contributed by atoms with van der Waals surface area (Å²) in [5.74, 6) is -0.0131. The number of aromatic nitrogens is 2. The Morgan fingerprint density at radius 3 is 2.37 bits per heavy atom. The Morgan fingerprint density at radius 1 is 1.02 bits per heavy atom. The number of nitrogens with one attached hydrogen (secondary N) is 2. The number of methoxy groups -OCH3 is 2. The number of pyridine rings is 2. The van der Waals surface area contributed by atoms with Crippen LogP contribution in [0.1, 0.15) is 19.4 Å². The molecule has 0 aliphatic heterocycles. The third-order valence-corrected chi connectivity index (χ3v) is 5.79. The highest BCUT2D eigenvalue weighted by atomic mass is 19.1. The Morgan fingerprint density at radius 2 is 1.73 bits per heavy atom. The molecule has 0 unspecified atom stereocenters. The second-order valence-electron chi connectivity index (χ2n) is 8.99. The number of aliphatic hydroxyl groups excluding tert-OH is 1. The number of anilines is 1. The number of carbonyl (C=O) groups is 1. The van der Waals surface area contributed by atoms with Crippen LogP contribution in [0.3, 0.4) is 0 Å². The van der Waals surface area contributed by atoms with E-state index in [0.29, 0.717) is 33.8 Å². The topological polar surface area (TPSA) is 139 Å². The molecule has 4 aromatic rings. The first-order chi connectivity index (χ1) is 19.7. The smallest absolute Gasteiger partial charge is 0.261 e. The molecule has 0 bridgehead atoms. The summed E-state index contributed by atoms with van der Waals surface area (Å²) < 4.78 is 30.0. The molecule has 0 saturated heterocycles. The van der Waals surface area contributed by atoms with Gasteiger partial charge in [-0.2, -0.15) is 0 Å². The predicted molar refractivity (Wildman–Crippen MR) is 154 cm³/mol. The third-order valence-electron chi connectivity index (χ3n) is 5.79. The van der Waals surface area contributed by atoms with E-state index in [1.165, 1.54) is 31.7 Å². The van der Waals surface area contributed by atoms with E-state index < -0.39 is 17.5 Å². The van der Waals surface area contributed by atoms with E-state index in [4.69, 9.17) is 19.6 Å². The molecule has 3 N–H and O–H groups in total. The first-order valence-electron chi connectivity index (χ1n) is 12.5. The number of hydrogen-bond acceptors (Lipinski definition) is 9. The summed E-state index contributed by atoms with van der Waals surface area (Å²) in [6, 6.07) is 13.2. The van der Waals surface area contributed by atoms with E-state index in [1.54, 1.807) is 57.5 Å². The zero-order valence-corrected chi connectivity index (χ0v) is 22.8. The summed E-state index contributed by atoms with van der Waals surface area (Å²) >= 11 is 0. The average Bonchev–Trinajstić information content (AvgIpc) is 2.97. The number of hydrogen-bond donors (Lipinski definition) is 3. The maximum atomic E-state index is 13.3. The number of allylic oxidation sites excluding steroid dienone is 1. The summed E-state index contributed by atoms with van der Waals surface area (Å²) in [7, 11) is 3.08. The fourth-order valence-corrected chi connectivity index (χ4v) is 3.70. The van der Waals surface area contributed by atoms with Gasteiger partial charge in [-0.05, 0) is 56.3 Å². The molecule has 1 amide bonds. The standard InChI is InChI=1S/C30H28FN5O5/c1-17(2)34-16-22(29(37)28(32)18-5-7-19(31)8-6-18)30(38)36-20-9-10-27(35-15-20)41-24-11-12-33-23-14-26(40-4)25(39-3)13-21(23)24/h5-17,32,37H,1-4H3,(H,36,38). The number of aliphatic imine (C=N–C) groups is 1. The van der Waals surface area contributed by atoms with Crippen molar-refractivity contribution in [3.8, 4) is 23.1 Å². The Balaban J connectivity index is 1.56. The second-order valence-corrected chi connectivity index (χ2v) is 8.99. The normalized spacial score (nSPS) is 11.9. The SMILES string of the molecule is COc1cc2nccc(Oc3ccc(NC(=O)C(C=NC(C)C)=C(O)C(=N)c4ccc(F)cc4)cn3)c2cc1OC. The van der Waals surface area contributed by atoms with Crippen molar-refractivity contribution in [1.29, 1.82) is 5.41 Å². The molecule has 0 radical (unpaired) electrons. The van der Waals surface area contributed by atoms with Crippen molar-refractivity contribution < 1.29 is 28.5 Å². The van der Waals surface area contributed by atoms with Crippen LogP contribution >= 0.6 is 0 Å². The van der Waals surface area contributed by atoms with E-state index in [1.807, 2.05) is 0 Å². The van der Waals surface area contributed by atoms with Gasteiger partial charge in [0.25, 0.3) is 5.91 Å². The first kappa shape index (κ1) is 28.7. The largest absolute Gasteiger partial charge is 0.505 e. The van der Waals surface area contributed by atoms with Crippen molar-refractivity contribution in [1.82, 2.24) is 9.97 Å². The van der Waals surface area contributed by atoms with Gasteiger partial charge in [-0.3, -0.25) is 20.2 Å². The lowest BCUT2D eigenvalue weighted by atomic mass is 10.0. The first-order valence-corrected chi connectivity index (χ1v) is 12.5. The fraction of sp³-hybridized carbons (Fsp3) is 0.167. The van der Waals surface area contributed by atoms with Gasteiger partial charge in [-0.15, -0.1) is 0 Å². The molecule has 0 aliphatic carbocycles. The van der Waals surface area contributed by atoms with Crippen LogP contribution in [0.15, 0.2) is 83.3 Å². The summed E-state index contributed by atoms with van der Waals surface area (Å²) in [5.41, 5.74) is 0.587. The molecular weight excluding hydrogens is 529 g/mol. The van der Waals surface area contributed by atoms with Crippen LogP contribution < -0.4 is 19.5 Å². The lowest BCUT2D eigenvalue weighted by Gasteiger charge is -2.12.